The van der Waals surface area contributed by atoms with Crippen LogP contribution in [0.4, 0.5) is 0 Å². The first-order valence-electron chi connectivity index (χ1n) is 8.00. The van der Waals surface area contributed by atoms with Crippen molar-refractivity contribution in [1.29, 1.82) is 0 Å². The highest BCUT2D eigenvalue weighted by Crippen LogP contribution is 2.32. The van der Waals surface area contributed by atoms with Crippen molar-refractivity contribution in [3.8, 4) is 0 Å². The summed E-state index contributed by atoms with van der Waals surface area (Å²) in [5.74, 6) is 0.595. The number of nitrogens with one attached hydrogen (secondary N) is 1. The normalized spacial score (nSPS) is 23.3. The van der Waals surface area contributed by atoms with Crippen LogP contribution in [-0.4, -0.2) is 22.2 Å². The van der Waals surface area contributed by atoms with E-state index in [1.54, 1.807) is 0 Å². The molecule has 0 bridgehead atoms. The van der Waals surface area contributed by atoms with Crippen molar-refractivity contribution in [3.05, 3.63) is 17.0 Å². The number of nitrogens with zero attached hydrogens (tertiary/aromatic N) is 2. The molecule has 0 spiro atoms. The Hall–Kier alpha value is -1.36. The van der Waals surface area contributed by atoms with Gasteiger partial charge >= 0.3 is 0 Å². The first kappa shape index (κ1) is 16.0. The molecular formula is C16H28N4O. The lowest BCUT2D eigenvalue weighted by atomic mass is 9.94. The molecule has 0 saturated heterocycles. The molecular weight excluding hydrogens is 264 g/mol. The number of nitrogens with two attached hydrogens (primary N) is 1. The predicted molar refractivity (Wildman–Crippen MR) is 83.7 cm³/mol. The van der Waals surface area contributed by atoms with E-state index in [0.29, 0.717) is 12.5 Å². The van der Waals surface area contributed by atoms with Gasteiger partial charge in [0.1, 0.15) is 0 Å². The Morgan fingerprint density at radius 2 is 2.19 bits per heavy atom. The van der Waals surface area contributed by atoms with Gasteiger partial charge in [0.05, 0.1) is 11.7 Å². The van der Waals surface area contributed by atoms with Crippen LogP contribution in [0, 0.1) is 25.7 Å². The van der Waals surface area contributed by atoms with E-state index in [4.69, 9.17) is 5.73 Å². The Morgan fingerprint density at radius 3 is 2.71 bits per heavy atom. The van der Waals surface area contributed by atoms with Gasteiger partial charge in [-0.25, -0.2) is 0 Å². The second-order valence-electron chi connectivity index (χ2n) is 6.21. The lowest BCUT2D eigenvalue weighted by molar-refractivity contribution is -0.126. The summed E-state index contributed by atoms with van der Waals surface area (Å²) in [5.41, 5.74) is 9.09. The minimum Gasteiger partial charge on any atom is -0.349 e. The summed E-state index contributed by atoms with van der Waals surface area (Å²) in [6.07, 6.45) is 4.03. The first-order chi connectivity index (χ1) is 9.99. The Balaban J connectivity index is 2.14. The SMILES string of the molecule is CCC(NC(=O)[C@@H]1CCC[C@@H]1CN)c1c(C)nn(C)c1C. The van der Waals surface area contributed by atoms with Gasteiger partial charge in [0, 0.05) is 24.2 Å². The van der Waals surface area contributed by atoms with Crippen LogP contribution < -0.4 is 11.1 Å². The number of aryl methyl sites for hydroxylation is 2. The number of aromatic nitrogens is 2. The summed E-state index contributed by atoms with van der Waals surface area (Å²) < 4.78 is 1.89. The van der Waals surface area contributed by atoms with Gasteiger partial charge < -0.3 is 11.1 Å². The van der Waals surface area contributed by atoms with Crippen LogP contribution in [0.5, 0.6) is 0 Å². The largest absolute Gasteiger partial charge is 0.349 e. The Labute approximate surface area is 127 Å². The molecule has 5 heteroatoms. The minimum absolute atomic E-state index is 0.0465. The fraction of sp³-hybridized carbons (Fsp3) is 0.750. The Bertz CT molecular complexity index is 509. The van der Waals surface area contributed by atoms with E-state index in [2.05, 4.69) is 24.3 Å². The molecule has 3 atom stereocenters. The van der Waals surface area contributed by atoms with E-state index >= 15 is 0 Å². The lowest BCUT2D eigenvalue weighted by Crippen LogP contribution is -2.37. The van der Waals surface area contributed by atoms with Crippen molar-refractivity contribution >= 4 is 5.91 Å². The number of amides is 1. The predicted octanol–water partition coefficient (Wildman–Crippen LogP) is 1.98. The van der Waals surface area contributed by atoms with Crippen molar-refractivity contribution in [2.45, 2.75) is 52.5 Å². The second kappa shape index (κ2) is 6.60. The Kier molecular flexibility index (Phi) is 5.04. The number of carbonyl (C=O) groups excluding carboxylic acids is 1. The molecule has 1 aromatic heterocycles. The average Bonchev–Trinajstić information content (AvgIpc) is 3.02. The second-order valence-corrected chi connectivity index (χ2v) is 6.21. The van der Waals surface area contributed by atoms with Gasteiger partial charge in [-0.15, -0.1) is 0 Å². The smallest absolute Gasteiger partial charge is 0.223 e. The van der Waals surface area contributed by atoms with Crippen molar-refractivity contribution in [1.82, 2.24) is 15.1 Å². The third-order valence-electron chi connectivity index (χ3n) is 4.94. The lowest BCUT2D eigenvalue weighted by Gasteiger charge is -2.23. The van der Waals surface area contributed by atoms with Crippen LogP contribution in [0.2, 0.25) is 0 Å². The van der Waals surface area contributed by atoms with E-state index in [0.717, 1.165) is 42.6 Å². The maximum Gasteiger partial charge on any atom is 0.223 e. The zero-order chi connectivity index (χ0) is 15.6. The fourth-order valence-electron chi connectivity index (χ4n) is 3.62. The third-order valence-corrected chi connectivity index (χ3v) is 4.94. The van der Waals surface area contributed by atoms with Crippen molar-refractivity contribution in [2.75, 3.05) is 6.54 Å². The van der Waals surface area contributed by atoms with E-state index in [9.17, 15) is 4.79 Å². The highest BCUT2D eigenvalue weighted by molar-refractivity contribution is 5.79. The van der Waals surface area contributed by atoms with Crippen LogP contribution in [-0.2, 0) is 11.8 Å². The quantitative estimate of drug-likeness (QED) is 0.871. The van der Waals surface area contributed by atoms with E-state index in [1.807, 2.05) is 18.7 Å². The molecule has 118 valence electrons. The fourth-order valence-corrected chi connectivity index (χ4v) is 3.62. The molecule has 1 amide bonds. The van der Waals surface area contributed by atoms with Gasteiger partial charge in [-0.05, 0) is 45.6 Å². The van der Waals surface area contributed by atoms with Crippen LogP contribution in [0.15, 0.2) is 0 Å². The maximum atomic E-state index is 12.6. The minimum atomic E-state index is 0.0465. The standard InChI is InChI=1S/C16H28N4O/c1-5-14(15-10(2)19-20(4)11(15)3)18-16(21)13-8-6-7-12(13)9-17/h12-14H,5-9,17H2,1-4H3,(H,18,21)/t12-,13-,14?/m1/s1. The number of rotatable bonds is 5. The summed E-state index contributed by atoms with van der Waals surface area (Å²) in [5, 5.41) is 7.70. The summed E-state index contributed by atoms with van der Waals surface area (Å²) in [6, 6.07) is 0.0465. The van der Waals surface area contributed by atoms with Crippen LogP contribution in [0.25, 0.3) is 0 Å². The molecule has 1 saturated carbocycles. The van der Waals surface area contributed by atoms with Crippen LogP contribution in [0.3, 0.4) is 0 Å². The van der Waals surface area contributed by atoms with Gasteiger partial charge in [-0.1, -0.05) is 13.3 Å². The molecule has 1 heterocycles. The number of hydrogen-bond donors (Lipinski definition) is 2. The topological polar surface area (TPSA) is 72.9 Å². The molecule has 0 radical (unpaired) electrons. The van der Waals surface area contributed by atoms with Crippen LogP contribution in [0.1, 0.15) is 55.6 Å². The first-order valence-corrected chi connectivity index (χ1v) is 8.00. The third kappa shape index (κ3) is 3.12. The van der Waals surface area contributed by atoms with E-state index < -0.39 is 0 Å². The highest BCUT2D eigenvalue weighted by atomic mass is 16.2. The van der Waals surface area contributed by atoms with Crippen molar-refractivity contribution < 1.29 is 4.79 Å². The van der Waals surface area contributed by atoms with Gasteiger partial charge in [-0.3, -0.25) is 9.48 Å². The summed E-state index contributed by atoms with van der Waals surface area (Å²) in [6.45, 7) is 6.78. The van der Waals surface area contributed by atoms with Crippen molar-refractivity contribution in [2.24, 2.45) is 24.6 Å². The molecule has 0 aromatic carbocycles. The van der Waals surface area contributed by atoms with Gasteiger partial charge in [0.2, 0.25) is 5.91 Å². The molecule has 2 rings (SSSR count). The molecule has 21 heavy (non-hydrogen) atoms. The van der Waals surface area contributed by atoms with Gasteiger partial charge in [0.15, 0.2) is 0 Å². The van der Waals surface area contributed by atoms with Crippen molar-refractivity contribution in [3.63, 3.8) is 0 Å². The number of hydrogen-bond acceptors (Lipinski definition) is 3. The highest BCUT2D eigenvalue weighted by Gasteiger charge is 2.33. The summed E-state index contributed by atoms with van der Waals surface area (Å²) in [7, 11) is 1.95. The molecule has 0 aliphatic heterocycles. The summed E-state index contributed by atoms with van der Waals surface area (Å²) in [4.78, 5) is 12.6. The van der Waals surface area contributed by atoms with Gasteiger partial charge in [0.25, 0.3) is 0 Å². The summed E-state index contributed by atoms with van der Waals surface area (Å²) >= 11 is 0. The molecule has 1 unspecified atom stereocenters. The molecule has 1 aliphatic carbocycles. The van der Waals surface area contributed by atoms with Crippen LogP contribution >= 0.6 is 0 Å². The Morgan fingerprint density at radius 1 is 1.48 bits per heavy atom. The monoisotopic (exact) mass is 292 g/mol. The molecule has 3 N–H and O–H groups in total. The molecule has 5 nitrogen and oxygen atoms in total. The molecule has 1 aliphatic rings. The zero-order valence-electron chi connectivity index (χ0n) is 13.6. The zero-order valence-corrected chi connectivity index (χ0v) is 13.6. The maximum absolute atomic E-state index is 12.6. The van der Waals surface area contributed by atoms with Gasteiger partial charge in [-0.2, -0.15) is 5.10 Å². The number of carbonyl (C=O) groups is 1. The molecule has 1 fully saturated rings. The molecule has 1 aromatic rings. The average molecular weight is 292 g/mol. The van der Waals surface area contributed by atoms with E-state index in [1.165, 1.54) is 0 Å². The van der Waals surface area contributed by atoms with E-state index in [-0.39, 0.29) is 17.9 Å².